The van der Waals surface area contributed by atoms with Crippen LogP contribution in [-0.4, -0.2) is 31.8 Å². The van der Waals surface area contributed by atoms with Gasteiger partial charge in [0, 0.05) is 6.42 Å². The van der Waals surface area contributed by atoms with E-state index >= 15 is 0 Å². The lowest BCUT2D eigenvalue weighted by Gasteiger charge is -2.16. The number of rotatable bonds is 9. The van der Waals surface area contributed by atoms with E-state index in [1.807, 2.05) is 36.8 Å². The fourth-order valence-corrected chi connectivity index (χ4v) is 3.70. The Labute approximate surface area is 158 Å². The number of aliphatic carboxylic acids is 1. The Morgan fingerprint density at radius 1 is 1.19 bits per heavy atom. The maximum Gasteiger partial charge on any atom is 0.322 e. The van der Waals surface area contributed by atoms with Crippen LogP contribution in [0.2, 0.25) is 0 Å². The van der Waals surface area contributed by atoms with Gasteiger partial charge in [0.2, 0.25) is 10.0 Å². The number of aldehydes is 1. The van der Waals surface area contributed by atoms with E-state index in [-0.39, 0.29) is 16.6 Å². The number of hydrogen-bond acceptors (Lipinski definition) is 5. The Morgan fingerprint density at radius 3 is 2.52 bits per heavy atom. The van der Waals surface area contributed by atoms with Gasteiger partial charge in [0.25, 0.3) is 0 Å². The second-order valence-corrected chi connectivity index (χ2v) is 7.87. The Bertz CT molecular complexity index is 923. The Morgan fingerprint density at radius 2 is 1.89 bits per heavy atom. The summed E-state index contributed by atoms with van der Waals surface area (Å²) in [5, 5.41) is 9.08. The van der Waals surface area contributed by atoms with E-state index in [0.717, 1.165) is 5.56 Å². The number of carboxylic acid groups (broad SMARTS) is 1. The minimum atomic E-state index is -4.22. The molecular formula is C19H21NO6S. The lowest BCUT2D eigenvalue weighted by atomic mass is 10.0. The van der Waals surface area contributed by atoms with Gasteiger partial charge >= 0.3 is 5.97 Å². The quantitative estimate of drug-likeness (QED) is 0.636. The van der Waals surface area contributed by atoms with Crippen molar-refractivity contribution in [3.8, 4) is 11.5 Å². The molecule has 0 fully saturated rings. The van der Waals surface area contributed by atoms with Gasteiger partial charge < -0.3 is 14.6 Å². The van der Waals surface area contributed by atoms with Crippen molar-refractivity contribution in [1.29, 1.82) is 0 Å². The molecule has 2 aromatic carbocycles. The predicted molar refractivity (Wildman–Crippen MR) is 99.5 cm³/mol. The molecule has 0 aromatic heterocycles. The molecule has 0 amide bonds. The second kappa shape index (κ2) is 8.79. The molecule has 0 saturated carbocycles. The van der Waals surface area contributed by atoms with Crippen molar-refractivity contribution in [3.63, 3.8) is 0 Å². The zero-order chi connectivity index (χ0) is 20.0. The average Bonchev–Trinajstić information content (AvgIpc) is 2.61. The standard InChI is InChI=1S/C19H21NO6S/c1-13(2)14-6-5-7-15(12-14)26-17-8-3-4-9-18(17)27(24,25)20-16(10-11-21)19(22)23/h3-9,11-13,16,20H,10H2,1-2H3,(H,22,23). The van der Waals surface area contributed by atoms with Crippen LogP contribution in [0.3, 0.4) is 0 Å². The van der Waals surface area contributed by atoms with E-state index in [9.17, 15) is 18.0 Å². The number of para-hydroxylation sites is 1. The van der Waals surface area contributed by atoms with Gasteiger partial charge in [0.1, 0.15) is 28.7 Å². The zero-order valence-corrected chi connectivity index (χ0v) is 15.8. The molecule has 2 rings (SSSR count). The van der Waals surface area contributed by atoms with E-state index in [2.05, 4.69) is 0 Å². The Balaban J connectivity index is 2.35. The van der Waals surface area contributed by atoms with Crippen LogP contribution in [0.4, 0.5) is 0 Å². The Hall–Kier alpha value is -2.71. The van der Waals surface area contributed by atoms with Crippen molar-refractivity contribution in [2.75, 3.05) is 0 Å². The molecule has 1 atom stereocenters. The van der Waals surface area contributed by atoms with Crippen LogP contribution in [0.1, 0.15) is 31.7 Å². The molecule has 0 spiro atoms. The maximum atomic E-state index is 12.6. The minimum Gasteiger partial charge on any atom is -0.480 e. The van der Waals surface area contributed by atoms with Crippen molar-refractivity contribution in [1.82, 2.24) is 4.72 Å². The fourth-order valence-electron chi connectivity index (χ4n) is 2.37. The summed E-state index contributed by atoms with van der Waals surface area (Å²) in [4.78, 5) is 21.6. The number of hydrogen-bond donors (Lipinski definition) is 2. The molecule has 0 heterocycles. The minimum absolute atomic E-state index is 0.0566. The van der Waals surface area contributed by atoms with Crippen LogP contribution in [0, 0.1) is 0 Å². The first-order valence-electron chi connectivity index (χ1n) is 8.30. The van der Waals surface area contributed by atoms with Crippen molar-refractivity contribution >= 4 is 22.3 Å². The highest BCUT2D eigenvalue weighted by molar-refractivity contribution is 7.89. The van der Waals surface area contributed by atoms with Crippen LogP contribution in [0.25, 0.3) is 0 Å². The van der Waals surface area contributed by atoms with E-state index in [0.29, 0.717) is 12.0 Å². The van der Waals surface area contributed by atoms with E-state index < -0.39 is 28.5 Å². The molecule has 144 valence electrons. The molecule has 8 heteroatoms. The highest BCUT2D eigenvalue weighted by Crippen LogP contribution is 2.30. The molecule has 0 saturated heterocycles. The van der Waals surface area contributed by atoms with E-state index in [1.165, 1.54) is 18.2 Å². The summed E-state index contributed by atoms with van der Waals surface area (Å²) in [5.41, 5.74) is 1.03. The summed E-state index contributed by atoms with van der Waals surface area (Å²) in [7, 11) is -4.22. The maximum absolute atomic E-state index is 12.6. The number of carboxylic acids is 1. The molecule has 0 aliphatic heterocycles. The van der Waals surface area contributed by atoms with Gasteiger partial charge in [-0.25, -0.2) is 8.42 Å². The number of ether oxygens (including phenoxy) is 1. The lowest BCUT2D eigenvalue weighted by molar-refractivity contribution is -0.139. The highest BCUT2D eigenvalue weighted by Gasteiger charge is 2.27. The number of sulfonamides is 1. The van der Waals surface area contributed by atoms with E-state index in [4.69, 9.17) is 9.84 Å². The predicted octanol–water partition coefficient (Wildman–Crippen LogP) is 2.92. The van der Waals surface area contributed by atoms with Crippen molar-refractivity contribution in [3.05, 3.63) is 54.1 Å². The molecule has 2 N–H and O–H groups in total. The van der Waals surface area contributed by atoms with Crippen molar-refractivity contribution < 1.29 is 27.9 Å². The third-order valence-electron chi connectivity index (χ3n) is 3.82. The summed E-state index contributed by atoms with van der Waals surface area (Å²) < 4.78 is 33.1. The van der Waals surface area contributed by atoms with Crippen molar-refractivity contribution in [2.24, 2.45) is 0 Å². The summed E-state index contributed by atoms with van der Waals surface area (Å²) in [6, 6.07) is 11.6. The van der Waals surface area contributed by atoms with Gasteiger partial charge in [-0.2, -0.15) is 4.72 Å². The first-order chi connectivity index (χ1) is 12.7. The first kappa shape index (κ1) is 20.6. The van der Waals surface area contributed by atoms with E-state index in [1.54, 1.807) is 12.1 Å². The number of nitrogens with one attached hydrogen (secondary N) is 1. The van der Waals surface area contributed by atoms with Crippen LogP contribution < -0.4 is 9.46 Å². The van der Waals surface area contributed by atoms with Crippen LogP contribution in [-0.2, 0) is 19.6 Å². The van der Waals surface area contributed by atoms with Gasteiger partial charge in [-0.3, -0.25) is 4.79 Å². The number of carbonyl (C=O) groups is 2. The molecule has 0 aliphatic rings. The van der Waals surface area contributed by atoms with Gasteiger partial charge in [0.15, 0.2) is 0 Å². The zero-order valence-electron chi connectivity index (χ0n) is 15.0. The molecular weight excluding hydrogens is 370 g/mol. The second-order valence-electron chi connectivity index (χ2n) is 6.19. The summed E-state index contributed by atoms with van der Waals surface area (Å²) in [5.74, 6) is -0.643. The molecule has 2 aromatic rings. The van der Waals surface area contributed by atoms with Crippen LogP contribution in [0.15, 0.2) is 53.4 Å². The first-order valence-corrected chi connectivity index (χ1v) is 9.78. The Kier molecular flexibility index (Phi) is 6.70. The van der Waals surface area contributed by atoms with Crippen LogP contribution in [0.5, 0.6) is 11.5 Å². The van der Waals surface area contributed by atoms with Crippen LogP contribution >= 0.6 is 0 Å². The molecule has 0 bridgehead atoms. The summed E-state index contributed by atoms with van der Waals surface area (Å²) in [6.07, 6.45) is -0.130. The smallest absolute Gasteiger partial charge is 0.322 e. The monoisotopic (exact) mass is 391 g/mol. The van der Waals surface area contributed by atoms with Crippen molar-refractivity contribution in [2.45, 2.75) is 37.1 Å². The number of benzene rings is 2. The third kappa shape index (κ3) is 5.38. The average molecular weight is 391 g/mol. The molecule has 0 radical (unpaired) electrons. The van der Waals surface area contributed by atoms with Gasteiger partial charge in [-0.15, -0.1) is 0 Å². The highest BCUT2D eigenvalue weighted by atomic mass is 32.2. The topological polar surface area (TPSA) is 110 Å². The SMILES string of the molecule is CC(C)c1cccc(Oc2ccccc2S(=O)(=O)NC(CC=O)C(=O)O)c1. The van der Waals surface area contributed by atoms with Gasteiger partial charge in [-0.05, 0) is 35.7 Å². The molecule has 27 heavy (non-hydrogen) atoms. The van der Waals surface area contributed by atoms with Gasteiger partial charge in [0.05, 0.1) is 0 Å². The largest absolute Gasteiger partial charge is 0.480 e. The molecule has 0 aliphatic carbocycles. The normalized spacial score (nSPS) is 12.6. The molecule has 7 nitrogen and oxygen atoms in total. The molecule has 1 unspecified atom stereocenters. The summed E-state index contributed by atoms with van der Waals surface area (Å²) in [6.45, 7) is 4.06. The lowest BCUT2D eigenvalue weighted by Crippen LogP contribution is -2.41. The summed E-state index contributed by atoms with van der Waals surface area (Å²) >= 11 is 0. The fraction of sp³-hybridized carbons (Fsp3) is 0.263. The third-order valence-corrected chi connectivity index (χ3v) is 5.33. The van der Waals surface area contributed by atoms with Gasteiger partial charge in [-0.1, -0.05) is 38.1 Å². The number of carbonyl (C=O) groups excluding carboxylic acids is 1.